The molecule has 0 aliphatic rings. The topological polar surface area (TPSA) is 97.4 Å². The van der Waals surface area contributed by atoms with Crippen molar-refractivity contribution in [2.75, 3.05) is 26.6 Å². The summed E-state index contributed by atoms with van der Waals surface area (Å²) in [6.45, 7) is 6.19. The molecule has 0 atom stereocenters. The van der Waals surface area contributed by atoms with Crippen LogP contribution in [-0.4, -0.2) is 44.5 Å². The normalized spacial score (nSPS) is 9.85. The maximum atomic E-state index is 11.5. The van der Waals surface area contributed by atoms with Crippen LogP contribution in [0.4, 0.5) is 0 Å². The third kappa shape index (κ3) is 9.36. The van der Waals surface area contributed by atoms with Crippen molar-refractivity contribution in [3.63, 3.8) is 0 Å². The minimum absolute atomic E-state index is 0.168. The van der Waals surface area contributed by atoms with Crippen LogP contribution in [-0.2, 0) is 28.6 Å². The lowest BCUT2D eigenvalue weighted by Gasteiger charge is -2.07. The summed E-state index contributed by atoms with van der Waals surface area (Å²) in [5.41, 5.74) is 0. The minimum Gasteiger partial charge on any atom is -0.435 e. The molecule has 0 fully saturated rings. The molecular formula is C18H20O8. The number of rotatable bonds is 12. The van der Waals surface area contributed by atoms with Gasteiger partial charge in [-0.05, 0) is 30.7 Å². The van der Waals surface area contributed by atoms with E-state index in [9.17, 15) is 14.4 Å². The van der Waals surface area contributed by atoms with E-state index in [1.165, 1.54) is 24.3 Å². The fourth-order valence-electron chi connectivity index (χ4n) is 1.50. The Labute approximate surface area is 150 Å². The van der Waals surface area contributed by atoms with Gasteiger partial charge in [0.2, 0.25) is 0 Å². The molecule has 0 radical (unpaired) electrons. The van der Waals surface area contributed by atoms with E-state index in [1.54, 1.807) is 6.08 Å². The molecule has 8 nitrogen and oxygen atoms in total. The Morgan fingerprint density at radius 1 is 0.885 bits per heavy atom. The highest BCUT2D eigenvalue weighted by molar-refractivity contribution is 5.81. The lowest BCUT2D eigenvalue weighted by Crippen LogP contribution is -2.18. The molecule has 0 aliphatic heterocycles. The Morgan fingerprint density at radius 3 is 1.92 bits per heavy atom. The first kappa shape index (κ1) is 21.1. The molecule has 8 heteroatoms. The van der Waals surface area contributed by atoms with E-state index in [-0.39, 0.29) is 24.9 Å². The average molecular weight is 364 g/mol. The largest absolute Gasteiger partial charge is 0.435 e. The Bertz CT molecular complexity index is 621. The van der Waals surface area contributed by atoms with Crippen molar-refractivity contribution in [3.8, 4) is 11.5 Å². The Morgan fingerprint density at radius 2 is 1.42 bits per heavy atom. The van der Waals surface area contributed by atoms with Gasteiger partial charge < -0.3 is 23.7 Å². The second kappa shape index (κ2) is 12.4. The van der Waals surface area contributed by atoms with Gasteiger partial charge in [-0.25, -0.2) is 14.4 Å². The molecule has 1 aromatic rings. The summed E-state index contributed by atoms with van der Waals surface area (Å²) in [6, 6.07) is 5.85. The van der Waals surface area contributed by atoms with Gasteiger partial charge >= 0.3 is 17.9 Å². The second-order valence-electron chi connectivity index (χ2n) is 4.68. The standard InChI is InChI=1S/C18H20O8/c1-3-5-10-22-11-17(20)25-14-6-8-15(9-7-14)26-18(21)12-23-13-24-16(19)4-2/h3-4,6-9H,1-2,5,10-13H2. The summed E-state index contributed by atoms with van der Waals surface area (Å²) in [7, 11) is 0. The minimum atomic E-state index is -0.681. The van der Waals surface area contributed by atoms with Gasteiger partial charge in [-0.15, -0.1) is 6.58 Å². The molecular weight excluding hydrogens is 344 g/mol. The average Bonchev–Trinajstić information content (AvgIpc) is 2.64. The first-order valence-electron chi connectivity index (χ1n) is 7.62. The fourth-order valence-corrected chi connectivity index (χ4v) is 1.50. The molecule has 0 N–H and O–H groups in total. The van der Waals surface area contributed by atoms with E-state index in [2.05, 4.69) is 17.9 Å². The molecule has 0 unspecified atom stereocenters. The van der Waals surface area contributed by atoms with E-state index < -0.39 is 24.5 Å². The zero-order valence-corrected chi connectivity index (χ0v) is 14.2. The lowest BCUT2D eigenvalue weighted by atomic mass is 10.3. The first-order valence-corrected chi connectivity index (χ1v) is 7.62. The highest BCUT2D eigenvalue weighted by atomic mass is 16.7. The van der Waals surface area contributed by atoms with Gasteiger partial charge in [0.05, 0.1) is 6.61 Å². The van der Waals surface area contributed by atoms with E-state index in [0.717, 1.165) is 6.08 Å². The van der Waals surface area contributed by atoms with E-state index in [1.807, 2.05) is 0 Å². The van der Waals surface area contributed by atoms with Crippen LogP contribution in [0.2, 0.25) is 0 Å². The monoisotopic (exact) mass is 364 g/mol. The van der Waals surface area contributed by atoms with Crippen molar-refractivity contribution >= 4 is 17.9 Å². The van der Waals surface area contributed by atoms with Crippen molar-refractivity contribution in [1.82, 2.24) is 0 Å². The predicted octanol–water partition coefficient (Wildman–Crippen LogP) is 1.79. The van der Waals surface area contributed by atoms with Crippen LogP contribution in [0.25, 0.3) is 0 Å². The highest BCUT2D eigenvalue weighted by Gasteiger charge is 2.08. The summed E-state index contributed by atoms with van der Waals surface area (Å²) >= 11 is 0. The quantitative estimate of drug-likeness (QED) is 0.138. The van der Waals surface area contributed by atoms with Gasteiger partial charge in [-0.1, -0.05) is 12.7 Å². The number of hydrogen-bond donors (Lipinski definition) is 0. The zero-order valence-electron chi connectivity index (χ0n) is 14.2. The predicted molar refractivity (Wildman–Crippen MR) is 90.5 cm³/mol. The molecule has 1 rings (SSSR count). The number of carbonyl (C=O) groups excluding carboxylic acids is 3. The van der Waals surface area contributed by atoms with Crippen LogP contribution < -0.4 is 9.47 Å². The van der Waals surface area contributed by atoms with Gasteiger partial charge in [0, 0.05) is 6.08 Å². The maximum absolute atomic E-state index is 11.5. The maximum Gasteiger partial charge on any atom is 0.337 e. The van der Waals surface area contributed by atoms with Gasteiger partial charge in [-0.3, -0.25) is 0 Å². The molecule has 0 heterocycles. The molecule has 0 saturated carbocycles. The molecule has 1 aromatic carbocycles. The number of esters is 3. The van der Waals surface area contributed by atoms with Gasteiger partial charge in [0.25, 0.3) is 0 Å². The SMILES string of the molecule is C=CCCOCC(=O)Oc1ccc(OC(=O)COCOC(=O)C=C)cc1. The van der Waals surface area contributed by atoms with Crippen molar-refractivity contribution in [2.24, 2.45) is 0 Å². The number of hydrogen-bond acceptors (Lipinski definition) is 8. The molecule has 0 spiro atoms. The smallest absolute Gasteiger partial charge is 0.337 e. The zero-order chi connectivity index (χ0) is 19.2. The van der Waals surface area contributed by atoms with Gasteiger partial charge in [0.1, 0.15) is 24.7 Å². The third-order valence-electron chi connectivity index (χ3n) is 2.64. The van der Waals surface area contributed by atoms with Crippen molar-refractivity contribution in [2.45, 2.75) is 6.42 Å². The van der Waals surface area contributed by atoms with Crippen LogP contribution in [0.5, 0.6) is 11.5 Å². The summed E-state index contributed by atoms with van der Waals surface area (Å²) in [6.07, 6.45) is 3.31. The highest BCUT2D eigenvalue weighted by Crippen LogP contribution is 2.18. The molecule has 0 amide bonds. The molecule has 140 valence electrons. The molecule has 0 aliphatic carbocycles. The summed E-state index contributed by atoms with van der Waals surface area (Å²) in [4.78, 5) is 33.8. The van der Waals surface area contributed by atoms with Crippen LogP contribution in [0.3, 0.4) is 0 Å². The summed E-state index contributed by atoms with van der Waals surface area (Å²) < 4.78 is 24.5. The third-order valence-corrected chi connectivity index (χ3v) is 2.64. The number of benzene rings is 1. The van der Waals surface area contributed by atoms with E-state index in [4.69, 9.17) is 18.9 Å². The molecule has 0 bridgehead atoms. The van der Waals surface area contributed by atoms with Crippen molar-refractivity contribution in [3.05, 3.63) is 49.6 Å². The lowest BCUT2D eigenvalue weighted by molar-refractivity contribution is -0.157. The van der Waals surface area contributed by atoms with Crippen LogP contribution in [0.1, 0.15) is 6.42 Å². The van der Waals surface area contributed by atoms with Crippen molar-refractivity contribution < 1.29 is 38.1 Å². The van der Waals surface area contributed by atoms with Crippen molar-refractivity contribution in [1.29, 1.82) is 0 Å². The van der Waals surface area contributed by atoms with Crippen LogP contribution in [0.15, 0.2) is 49.6 Å². The Balaban J connectivity index is 2.29. The van der Waals surface area contributed by atoms with Gasteiger partial charge in [0.15, 0.2) is 6.79 Å². The van der Waals surface area contributed by atoms with E-state index in [0.29, 0.717) is 13.0 Å². The number of carbonyl (C=O) groups is 3. The molecule has 0 aromatic heterocycles. The summed E-state index contributed by atoms with van der Waals surface area (Å²) in [5, 5.41) is 0. The summed E-state index contributed by atoms with van der Waals surface area (Å²) in [5.74, 6) is -1.35. The second-order valence-corrected chi connectivity index (χ2v) is 4.68. The van der Waals surface area contributed by atoms with Gasteiger partial charge in [-0.2, -0.15) is 0 Å². The fraction of sp³-hybridized carbons (Fsp3) is 0.278. The number of ether oxygens (including phenoxy) is 5. The molecule has 26 heavy (non-hydrogen) atoms. The molecule has 0 saturated heterocycles. The first-order chi connectivity index (χ1) is 12.5. The van der Waals surface area contributed by atoms with Crippen LogP contribution in [0, 0.1) is 0 Å². The Kier molecular flexibility index (Phi) is 10.1. The Hall–Kier alpha value is -2.97. The van der Waals surface area contributed by atoms with Crippen LogP contribution >= 0.6 is 0 Å². The van der Waals surface area contributed by atoms with E-state index >= 15 is 0 Å².